The molecular weight excluding hydrogens is 396 g/mol. The zero-order valence-corrected chi connectivity index (χ0v) is 20.3. The monoisotopic (exact) mass is 440 g/mol. The Kier molecular flexibility index (Phi) is 10.9. The summed E-state index contributed by atoms with van der Waals surface area (Å²) in [5.74, 6) is 0.884. The van der Waals surface area contributed by atoms with Gasteiger partial charge in [0.05, 0.1) is 18.8 Å². The number of rotatable bonds is 8. The van der Waals surface area contributed by atoms with Gasteiger partial charge in [-0.25, -0.2) is 4.79 Å². The molecule has 1 amide bonds. The molecule has 1 unspecified atom stereocenters. The van der Waals surface area contributed by atoms with E-state index in [0.29, 0.717) is 25.7 Å². The number of guanidine groups is 1. The van der Waals surface area contributed by atoms with Crippen molar-refractivity contribution in [1.29, 1.82) is 0 Å². The molecule has 0 aromatic carbocycles. The average Bonchev–Trinajstić information content (AvgIpc) is 2.74. The number of aliphatic imine (C=N–C) groups is 1. The largest absolute Gasteiger partial charge is 0.444 e. The van der Waals surface area contributed by atoms with Crippen LogP contribution in [0.25, 0.3) is 0 Å². The molecule has 2 rings (SSSR count). The van der Waals surface area contributed by atoms with Gasteiger partial charge in [-0.1, -0.05) is 6.92 Å². The van der Waals surface area contributed by atoms with Gasteiger partial charge in [0.25, 0.3) is 0 Å². The molecule has 2 aliphatic rings. The number of nitrogens with zero attached hydrogens (tertiary/aromatic N) is 3. The van der Waals surface area contributed by atoms with Crippen LogP contribution in [0.2, 0.25) is 0 Å². The van der Waals surface area contributed by atoms with Crippen LogP contribution in [0.3, 0.4) is 0 Å². The van der Waals surface area contributed by atoms with Gasteiger partial charge in [-0.15, -0.1) is 0 Å². The molecule has 2 heterocycles. The third kappa shape index (κ3) is 9.64. The fourth-order valence-corrected chi connectivity index (χ4v) is 3.94. The predicted molar refractivity (Wildman–Crippen MR) is 124 cm³/mol. The van der Waals surface area contributed by atoms with E-state index in [1.807, 2.05) is 27.8 Å². The highest BCUT2D eigenvalue weighted by Gasteiger charge is 2.25. The Balaban J connectivity index is 1.70. The number of nitrogens with one attached hydrogen (secondary N) is 1. The van der Waals surface area contributed by atoms with Crippen LogP contribution >= 0.6 is 0 Å². The lowest BCUT2D eigenvalue weighted by Crippen LogP contribution is -2.49. The van der Waals surface area contributed by atoms with Crippen LogP contribution in [0.15, 0.2) is 4.99 Å². The van der Waals surface area contributed by atoms with Crippen LogP contribution in [0.1, 0.15) is 66.2 Å². The van der Waals surface area contributed by atoms with Crippen LogP contribution in [-0.4, -0.2) is 92.6 Å². The Bertz CT molecular complexity index is 550. The Morgan fingerprint density at radius 2 is 1.94 bits per heavy atom. The highest BCUT2D eigenvalue weighted by molar-refractivity contribution is 5.80. The Morgan fingerprint density at radius 1 is 1.19 bits per heavy atom. The van der Waals surface area contributed by atoms with E-state index in [9.17, 15) is 4.79 Å². The zero-order chi connectivity index (χ0) is 22.7. The van der Waals surface area contributed by atoms with Crippen LogP contribution in [0.5, 0.6) is 0 Å². The van der Waals surface area contributed by atoms with E-state index in [1.54, 1.807) is 4.90 Å². The molecule has 0 aromatic heterocycles. The summed E-state index contributed by atoms with van der Waals surface area (Å²) in [5, 5.41) is 3.41. The maximum absolute atomic E-state index is 12.4. The van der Waals surface area contributed by atoms with Gasteiger partial charge >= 0.3 is 6.09 Å². The van der Waals surface area contributed by atoms with Crippen molar-refractivity contribution in [3.05, 3.63) is 0 Å². The topological polar surface area (TPSA) is 75.6 Å². The molecule has 0 bridgehead atoms. The molecule has 0 saturated carbocycles. The number of piperidine rings is 1. The van der Waals surface area contributed by atoms with Crippen molar-refractivity contribution in [1.82, 2.24) is 15.1 Å². The third-order valence-corrected chi connectivity index (χ3v) is 5.56. The first-order valence-electron chi connectivity index (χ1n) is 12.0. The lowest BCUT2D eigenvalue weighted by Gasteiger charge is -2.35. The maximum Gasteiger partial charge on any atom is 0.410 e. The number of amides is 1. The van der Waals surface area contributed by atoms with E-state index in [0.717, 1.165) is 57.9 Å². The summed E-state index contributed by atoms with van der Waals surface area (Å²) in [4.78, 5) is 20.9. The third-order valence-electron chi connectivity index (χ3n) is 5.56. The summed E-state index contributed by atoms with van der Waals surface area (Å²) in [5.41, 5.74) is -0.484. The molecule has 1 atom stereocenters. The molecule has 0 radical (unpaired) electrons. The van der Waals surface area contributed by atoms with E-state index in [4.69, 9.17) is 14.2 Å². The predicted octanol–water partition coefficient (Wildman–Crippen LogP) is 3.26. The minimum atomic E-state index is -0.484. The van der Waals surface area contributed by atoms with E-state index in [-0.39, 0.29) is 12.2 Å². The lowest BCUT2D eigenvalue weighted by atomic mass is 10.1. The van der Waals surface area contributed by atoms with Gasteiger partial charge in [-0.3, -0.25) is 4.99 Å². The molecule has 31 heavy (non-hydrogen) atoms. The van der Waals surface area contributed by atoms with Crippen LogP contribution in [0, 0.1) is 0 Å². The first kappa shape index (κ1) is 25.7. The molecule has 2 aliphatic heterocycles. The first-order chi connectivity index (χ1) is 14.8. The quantitative estimate of drug-likeness (QED) is 0.461. The van der Waals surface area contributed by atoms with Gasteiger partial charge in [0.2, 0.25) is 0 Å². The van der Waals surface area contributed by atoms with Crippen molar-refractivity contribution in [2.75, 3.05) is 53.0 Å². The second-order valence-electron chi connectivity index (χ2n) is 9.45. The first-order valence-corrected chi connectivity index (χ1v) is 12.0. The molecule has 8 nitrogen and oxygen atoms in total. The van der Waals surface area contributed by atoms with Gasteiger partial charge < -0.3 is 29.3 Å². The normalized spacial score (nSPS) is 21.1. The van der Waals surface area contributed by atoms with Crippen molar-refractivity contribution in [3.8, 4) is 0 Å². The fourth-order valence-electron chi connectivity index (χ4n) is 3.94. The van der Waals surface area contributed by atoms with Gasteiger partial charge in [0.15, 0.2) is 5.96 Å². The number of carbonyl (C=O) groups excluding carboxylic acids is 1. The van der Waals surface area contributed by atoms with E-state index < -0.39 is 5.60 Å². The molecule has 0 aromatic rings. The van der Waals surface area contributed by atoms with E-state index >= 15 is 0 Å². The highest BCUT2D eigenvalue weighted by atomic mass is 16.6. The lowest BCUT2D eigenvalue weighted by molar-refractivity contribution is -0.0721. The second kappa shape index (κ2) is 13.1. The maximum atomic E-state index is 12.4. The molecule has 180 valence electrons. The number of hydrogen-bond acceptors (Lipinski definition) is 5. The molecular formula is C23H44N4O4. The number of ether oxygens (including phenoxy) is 3. The van der Waals surface area contributed by atoms with Crippen molar-refractivity contribution in [2.24, 2.45) is 4.99 Å². The van der Waals surface area contributed by atoms with Crippen LogP contribution in [-0.2, 0) is 14.2 Å². The molecule has 1 N–H and O–H groups in total. The summed E-state index contributed by atoms with van der Waals surface area (Å²) in [6.07, 6.45) is 6.74. The van der Waals surface area contributed by atoms with Crippen molar-refractivity contribution >= 4 is 12.1 Å². The molecule has 8 heteroatoms. The Morgan fingerprint density at radius 3 is 2.52 bits per heavy atom. The Hall–Kier alpha value is -1.54. The number of likely N-dealkylation sites (tertiary alicyclic amines) is 1. The van der Waals surface area contributed by atoms with Crippen molar-refractivity contribution < 1.29 is 19.0 Å². The smallest absolute Gasteiger partial charge is 0.410 e. The standard InChI is InChI=1S/C23H44N4O4/c1-6-13-27(22(28)31-23(2,3)4)16-12-25-21(24-5)26-14-10-19(11-15-26)30-18-20-9-7-8-17-29-20/h19-20H,6-18H2,1-5H3,(H,24,25). The van der Waals surface area contributed by atoms with E-state index in [1.165, 1.54) is 12.8 Å². The molecule has 2 saturated heterocycles. The summed E-state index contributed by atoms with van der Waals surface area (Å²) in [6.45, 7) is 13.1. The summed E-state index contributed by atoms with van der Waals surface area (Å²) in [7, 11) is 1.81. The summed E-state index contributed by atoms with van der Waals surface area (Å²) < 4.78 is 17.4. The summed E-state index contributed by atoms with van der Waals surface area (Å²) in [6, 6.07) is 0. The van der Waals surface area contributed by atoms with Crippen molar-refractivity contribution in [3.63, 3.8) is 0 Å². The zero-order valence-electron chi connectivity index (χ0n) is 20.3. The van der Waals surface area contributed by atoms with Gasteiger partial charge in [-0.05, 0) is 59.3 Å². The fraction of sp³-hybridized carbons (Fsp3) is 0.913. The second-order valence-corrected chi connectivity index (χ2v) is 9.45. The van der Waals surface area contributed by atoms with Gasteiger partial charge in [0.1, 0.15) is 5.60 Å². The minimum absolute atomic E-state index is 0.258. The number of hydrogen-bond donors (Lipinski definition) is 1. The molecule has 0 spiro atoms. The molecule has 0 aliphatic carbocycles. The average molecular weight is 441 g/mol. The van der Waals surface area contributed by atoms with Gasteiger partial charge in [0, 0.05) is 46.4 Å². The minimum Gasteiger partial charge on any atom is -0.444 e. The number of carbonyl (C=O) groups is 1. The Labute approximate surface area is 188 Å². The van der Waals surface area contributed by atoms with Crippen LogP contribution in [0.4, 0.5) is 4.79 Å². The van der Waals surface area contributed by atoms with Gasteiger partial charge in [-0.2, -0.15) is 0 Å². The highest BCUT2D eigenvalue weighted by Crippen LogP contribution is 2.18. The van der Waals surface area contributed by atoms with Crippen molar-refractivity contribution in [2.45, 2.75) is 84.0 Å². The van der Waals surface area contributed by atoms with Crippen LogP contribution < -0.4 is 5.32 Å². The molecule has 2 fully saturated rings. The SMILES string of the molecule is CCCN(CCNC(=NC)N1CCC(OCC2CCCCO2)CC1)C(=O)OC(C)(C)C. The summed E-state index contributed by atoms with van der Waals surface area (Å²) >= 11 is 0. The van der Waals surface area contributed by atoms with E-state index in [2.05, 4.69) is 22.1 Å².